The van der Waals surface area contributed by atoms with Crippen molar-refractivity contribution in [3.05, 3.63) is 41.7 Å². The second kappa shape index (κ2) is 7.07. The largest absolute Gasteiger partial charge is 0.417 e. The smallest absolute Gasteiger partial charge is 0.306 e. The maximum atomic E-state index is 13.1. The Morgan fingerprint density at radius 3 is 2.05 bits per heavy atom. The molecule has 1 aromatic rings. The van der Waals surface area contributed by atoms with E-state index in [2.05, 4.69) is 0 Å². The van der Waals surface area contributed by atoms with Gasteiger partial charge in [0.15, 0.2) is 0 Å². The van der Waals surface area contributed by atoms with Gasteiger partial charge >= 0.3 is 13.8 Å². The molecule has 1 aromatic carbocycles. The molecule has 0 amide bonds. The highest BCUT2D eigenvalue weighted by molar-refractivity contribution is 7.57. The predicted octanol–water partition coefficient (Wildman–Crippen LogP) is 4.86. The van der Waals surface area contributed by atoms with E-state index in [0.717, 1.165) is 0 Å². The average molecular weight is 308 g/mol. The van der Waals surface area contributed by atoms with Gasteiger partial charge in [-0.1, -0.05) is 30.3 Å². The van der Waals surface area contributed by atoms with E-state index in [0.29, 0.717) is 5.82 Å². The number of hydrogen-bond acceptors (Lipinski definition) is 3. The molecular weight excluding hydrogens is 292 g/mol. The topological polar surface area (TPSA) is 35.5 Å². The number of allylic oxidation sites excluding steroid dienone is 1. The zero-order valence-electron chi connectivity index (χ0n) is 11.2. The fraction of sp³-hybridized carbons (Fsp3) is 0.385. The van der Waals surface area contributed by atoms with Crippen LogP contribution in [0.5, 0.6) is 0 Å². The van der Waals surface area contributed by atoms with Crippen LogP contribution < -0.4 is 0 Å². The third-order valence-electron chi connectivity index (χ3n) is 2.30. The Bertz CT molecular complexity index is 487. The van der Waals surface area contributed by atoms with Gasteiger partial charge in [-0.2, -0.15) is 13.2 Å². The molecule has 0 heterocycles. The molecule has 0 saturated heterocycles. The van der Waals surface area contributed by atoms with Crippen LogP contribution in [0.2, 0.25) is 0 Å². The van der Waals surface area contributed by atoms with Crippen LogP contribution in [0.4, 0.5) is 13.2 Å². The molecule has 112 valence electrons. The third-order valence-corrected chi connectivity index (χ3v) is 4.11. The summed E-state index contributed by atoms with van der Waals surface area (Å²) in [5, 5.41) is 0. The van der Waals surface area contributed by atoms with Gasteiger partial charge < -0.3 is 9.05 Å². The van der Waals surface area contributed by atoms with Gasteiger partial charge in [-0.15, -0.1) is 0 Å². The minimum atomic E-state index is -4.65. The highest BCUT2D eigenvalue weighted by Crippen LogP contribution is 2.53. The number of alkyl halides is 3. The van der Waals surface area contributed by atoms with E-state index in [1.807, 2.05) is 0 Å². The molecule has 0 radical (unpaired) electrons. The van der Waals surface area contributed by atoms with Crippen LogP contribution in [0.3, 0.4) is 0 Å². The van der Waals surface area contributed by atoms with Crippen molar-refractivity contribution in [1.82, 2.24) is 0 Å². The molecule has 1 rings (SSSR count). The first-order valence-electron chi connectivity index (χ1n) is 6.06. The van der Waals surface area contributed by atoms with Crippen molar-refractivity contribution in [3.63, 3.8) is 0 Å². The van der Waals surface area contributed by atoms with Gasteiger partial charge in [0.1, 0.15) is 0 Å². The average Bonchev–Trinajstić information content (AvgIpc) is 2.36. The number of hydrogen-bond donors (Lipinski definition) is 0. The van der Waals surface area contributed by atoms with E-state index in [1.54, 1.807) is 6.07 Å². The van der Waals surface area contributed by atoms with Gasteiger partial charge in [0.25, 0.3) is 0 Å². The van der Waals surface area contributed by atoms with Crippen LogP contribution in [0, 0.1) is 0 Å². The van der Waals surface area contributed by atoms with E-state index >= 15 is 0 Å². The molecular formula is C13H16F3O3P. The van der Waals surface area contributed by atoms with Gasteiger partial charge in [0.2, 0.25) is 0 Å². The Morgan fingerprint density at radius 1 is 1.15 bits per heavy atom. The Morgan fingerprint density at radius 2 is 1.65 bits per heavy atom. The number of rotatable bonds is 6. The summed E-state index contributed by atoms with van der Waals surface area (Å²) in [6.07, 6.45) is -4.65. The van der Waals surface area contributed by atoms with E-state index in [9.17, 15) is 17.7 Å². The van der Waals surface area contributed by atoms with Gasteiger partial charge in [-0.25, -0.2) is 0 Å². The Balaban J connectivity index is 3.30. The maximum Gasteiger partial charge on any atom is 0.417 e. The molecule has 0 bridgehead atoms. The summed E-state index contributed by atoms with van der Waals surface area (Å²) in [6.45, 7) is 3.06. The summed E-state index contributed by atoms with van der Waals surface area (Å²) in [5.74, 6) is 0.551. The third kappa shape index (κ3) is 4.78. The molecule has 0 aliphatic carbocycles. The van der Waals surface area contributed by atoms with Gasteiger partial charge in [-0.05, 0) is 19.4 Å². The lowest BCUT2D eigenvalue weighted by atomic mass is 10.1. The highest BCUT2D eigenvalue weighted by atomic mass is 31.2. The van der Waals surface area contributed by atoms with Gasteiger partial charge in [0, 0.05) is 5.82 Å². The van der Waals surface area contributed by atoms with E-state index in [4.69, 9.17) is 9.05 Å². The van der Waals surface area contributed by atoms with Crippen LogP contribution in [-0.2, 0) is 13.6 Å². The van der Waals surface area contributed by atoms with E-state index < -0.39 is 19.3 Å². The molecule has 0 aliphatic heterocycles. The molecule has 0 N–H and O–H groups in total. The summed E-state index contributed by atoms with van der Waals surface area (Å²) in [5.41, 5.74) is -1.11. The standard InChI is InChI=1S/C13H16F3O3P/c1-3-18-20(17,19-4-2)10-12(13(14,15)16)11-8-6-5-7-9-11/h5-10H,3-4H2,1-2H3/b12-10-. The Kier molecular flexibility index (Phi) is 5.99. The van der Waals surface area contributed by atoms with Crippen molar-refractivity contribution in [2.24, 2.45) is 0 Å². The first kappa shape index (κ1) is 17.0. The summed E-state index contributed by atoms with van der Waals surface area (Å²) >= 11 is 0. The monoisotopic (exact) mass is 308 g/mol. The number of benzene rings is 1. The van der Waals surface area contributed by atoms with Gasteiger partial charge in [-0.3, -0.25) is 4.57 Å². The normalized spacial score (nSPS) is 13.6. The van der Waals surface area contributed by atoms with Crippen molar-refractivity contribution in [1.29, 1.82) is 0 Å². The quantitative estimate of drug-likeness (QED) is 0.704. The minimum absolute atomic E-state index is 0.00625. The summed E-state index contributed by atoms with van der Waals surface area (Å²) in [4.78, 5) is 0. The van der Waals surface area contributed by atoms with Gasteiger partial charge in [0.05, 0.1) is 18.8 Å². The van der Waals surface area contributed by atoms with Crippen LogP contribution in [-0.4, -0.2) is 19.4 Å². The lowest BCUT2D eigenvalue weighted by molar-refractivity contribution is -0.0689. The summed E-state index contributed by atoms with van der Waals surface area (Å²) in [7, 11) is -3.92. The summed E-state index contributed by atoms with van der Waals surface area (Å²) < 4.78 is 61.3. The zero-order chi connectivity index (χ0) is 15.2. The van der Waals surface area contributed by atoms with Crippen LogP contribution in [0.25, 0.3) is 5.57 Å². The molecule has 0 saturated carbocycles. The van der Waals surface area contributed by atoms with E-state index in [1.165, 1.54) is 38.1 Å². The van der Waals surface area contributed by atoms with Crippen molar-refractivity contribution in [3.8, 4) is 0 Å². The first-order chi connectivity index (χ1) is 9.32. The molecule has 0 aliphatic rings. The van der Waals surface area contributed by atoms with Crippen molar-refractivity contribution >= 4 is 13.2 Å². The predicted molar refractivity (Wildman–Crippen MR) is 71.3 cm³/mol. The maximum absolute atomic E-state index is 13.1. The zero-order valence-corrected chi connectivity index (χ0v) is 12.1. The second-order valence-corrected chi connectivity index (χ2v) is 5.64. The van der Waals surface area contributed by atoms with Crippen LogP contribution in [0.15, 0.2) is 36.1 Å². The molecule has 20 heavy (non-hydrogen) atoms. The molecule has 0 unspecified atom stereocenters. The molecule has 0 aromatic heterocycles. The minimum Gasteiger partial charge on any atom is -0.306 e. The first-order valence-corrected chi connectivity index (χ1v) is 7.68. The lowest BCUT2D eigenvalue weighted by Crippen LogP contribution is -2.11. The second-order valence-electron chi connectivity index (χ2n) is 3.78. The molecule has 0 spiro atoms. The fourth-order valence-corrected chi connectivity index (χ4v) is 3.11. The molecule has 7 heteroatoms. The van der Waals surface area contributed by atoms with Crippen molar-refractivity contribution in [2.75, 3.05) is 13.2 Å². The van der Waals surface area contributed by atoms with Crippen LogP contribution >= 0.6 is 7.60 Å². The lowest BCUT2D eigenvalue weighted by Gasteiger charge is -2.17. The summed E-state index contributed by atoms with van der Waals surface area (Å²) in [6, 6.07) is 7.13. The van der Waals surface area contributed by atoms with E-state index in [-0.39, 0.29) is 18.8 Å². The number of halogens is 3. The van der Waals surface area contributed by atoms with Crippen LogP contribution in [0.1, 0.15) is 19.4 Å². The Hall–Kier alpha value is -1.10. The SMILES string of the molecule is CCOP(=O)(/C=C(/c1ccccc1)C(F)(F)F)OCC. The fourth-order valence-electron chi connectivity index (χ4n) is 1.56. The van der Waals surface area contributed by atoms with Crippen molar-refractivity contribution < 1.29 is 26.8 Å². The molecule has 0 atom stereocenters. The molecule has 0 fully saturated rings. The van der Waals surface area contributed by atoms with Crippen molar-refractivity contribution in [2.45, 2.75) is 20.0 Å². The Labute approximate surface area is 115 Å². The highest BCUT2D eigenvalue weighted by Gasteiger charge is 2.38. The molecule has 3 nitrogen and oxygen atoms in total.